The van der Waals surface area contributed by atoms with Crippen LogP contribution in [-0.4, -0.2) is 39.8 Å². The summed E-state index contributed by atoms with van der Waals surface area (Å²) in [5.74, 6) is 5.91. The molecule has 10 heteroatoms. The molecule has 2 aromatic carbocycles. The summed E-state index contributed by atoms with van der Waals surface area (Å²) < 4.78 is 4.78. The first-order chi connectivity index (χ1) is 19.4. The zero-order chi connectivity index (χ0) is 27.8. The number of pyridine rings is 1. The van der Waals surface area contributed by atoms with Gasteiger partial charge in [0.1, 0.15) is 18.2 Å². The van der Waals surface area contributed by atoms with E-state index < -0.39 is 6.04 Å². The van der Waals surface area contributed by atoms with Crippen molar-refractivity contribution in [2.75, 3.05) is 0 Å². The lowest BCUT2D eigenvalue weighted by Crippen LogP contribution is -2.32. The van der Waals surface area contributed by atoms with E-state index in [2.05, 4.69) is 37.3 Å². The van der Waals surface area contributed by atoms with Gasteiger partial charge >= 0.3 is 0 Å². The van der Waals surface area contributed by atoms with E-state index in [0.717, 1.165) is 10.9 Å². The highest BCUT2D eigenvalue weighted by atomic mass is 16.2. The SMILES string of the molecule is Cc1nn2cncnc2c1C(=O)N[C@@H](C)c1cc2cccc(C#Cc3cnn(C)c3)c2c(=O)n1-c1ccccc1. The third kappa shape index (κ3) is 4.39. The Hall–Kier alpha value is -5.56. The molecule has 0 saturated heterocycles. The van der Waals surface area contributed by atoms with Gasteiger partial charge in [0.05, 0.1) is 28.9 Å². The van der Waals surface area contributed by atoms with Gasteiger partial charge in [-0.05, 0) is 43.5 Å². The first-order valence-electron chi connectivity index (χ1n) is 12.6. The molecule has 0 aliphatic heterocycles. The fourth-order valence-electron chi connectivity index (χ4n) is 4.80. The highest BCUT2D eigenvalue weighted by Gasteiger charge is 2.23. The molecule has 1 amide bonds. The molecule has 0 aliphatic carbocycles. The summed E-state index contributed by atoms with van der Waals surface area (Å²) in [6.45, 7) is 3.60. The van der Waals surface area contributed by atoms with E-state index in [1.54, 1.807) is 22.4 Å². The van der Waals surface area contributed by atoms with Gasteiger partial charge < -0.3 is 5.32 Å². The molecule has 0 bridgehead atoms. The first kappa shape index (κ1) is 24.8. The molecule has 6 aromatic rings. The molecule has 0 unspecified atom stereocenters. The molecule has 1 atom stereocenters. The largest absolute Gasteiger partial charge is 0.344 e. The molecular formula is C30H24N8O2. The lowest BCUT2D eigenvalue weighted by molar-refractivity contribution is 0.0939. The minimum Gasteiger partial charge on any atom is -0.344 e. The van der Waals surface area contributed by atoms with Crippen LogP contribution >= 0.6 is 0 Å². The average molecular weight is 529 g/mol. The molecule has 6 rings (SSSR count). The Morgan fingerprint density at radius 1 is 1.07 bits per heavy atom. The van der Waals surface area contributed by atoms with E-state index in [9.17, 15) is 9.59 Å². The van der Waals surface area contributed by atoms with Gasteiger partial charge in [0.2, 0.25) is 0 Å². The van der Waals surface area contributed by atoms with Crippen LogP contribution < -0.4 is 10.9 Å². The molecule has 196 valence electrons. The highest BCUT2D eigenvalue weighted by molar-refractivity contribution is 6.01. The third-order valence-electron chi connectivity index (χ3n) is 6.64. The predicted molar refractivity (Wildman–Crippen MR) is 150 cm³/mol. The van der Waals surface area contributed by atoms with Gasteiger partial charge in [-0.15, -0.1) is 0 Å². The van der Waals surface area contributed by atoms with Crippen molar-refractivity contribution >= 4 is 22.3 Å². The van der Waals surface area contributed by atoms with Crippen molar-refractivity contribution in [2.24, 2.45) is 7.05 Å². The van der Waals surface area contributed by atoms with Gasteiger partial charge in [0.15, 0.2) is 5.65 Å². The Labute approximate surface area is 228 Å². The number of hydrogen-bond acceptors (Lipinski definition) is 6. The Bertz CT molecular complexity index is 2030. The number of aryl methyl sites for hydroxylation is 2. The number of nitrogens with zero attached hydrogens (tertiary/aromatic N) is 7. The van der Waals surface area contributed by atoms with Crippen molar-refractivity contribution in [3.8, 4) is 17.5 Å². The van der Waals surface area contributed by atoms with Gasteiger partial charge in [-0.1, -0.05) is 42.2 Å². The Morgan fingerprint density at radius 2 is 1.90 bits per heavy atom. The number of amides is 1. The highest BCUT2D eigenvalue weighted by Crippen LogP contribution is 2.24. The van der Waals surface area contributed by atoms with E-state index in [4.69, 9.17) is 0 Å². The van der Waals surface area contributed by atoms with Crippen molar-refractivity contribution in [1.29, 1.82) is 0 Å². The van der Waals surface area contributed by atoms with Crippen LogP contribution in [0.3, 0.4) is 0 Å². The summed E-state index contributed by atoms with van der Waals surface area (Å²) in [5.41, 5.74) is 3.74. The van der Waals surface area contributed by atoms with Crippen molar-refractivity contribution in [2.45, 2.75) is 19.9 Å². The van der Waals surface area contributed by atoms with E-state index in [-0.39, 0.29) is 11.5 Å². The van der Waals surface area contributed by atoms with E-state index in [1.165, 1.54) is 17.2 Å². The number of aromatic nitrogens is 7. The molecule has 4 heterocycles. The lowest BCUT2D eigenvalue weighted by atomic mass is 10.0. The number of hydrogen-bond donors (Lipinski definition) is 1. The fraction of sp³-hybridized carbons (Fsp3) is 0.133. The Balaban J connectivity index is 1.48. The summed E-state index contributed by atoms with van der Waals surface area (Å²) >= 11 is 0. The number of benzene rings is 2. The topological polar surface area (TPSA) is 112 Å². The summed E-state index contributed by atoms with van der Waals surface area (Å²) in [6.07, 6.45) is 6.38. The number of fused-ring (bicyclic) bond motifs is 2. The molecule has 40 heavy (non-hydrogen) atoms. The van der Waals surface area contributed by atoms with Gasteiger partial charge in [-0.25, -0.2) is 14.5 Å². The summed E-state index contributed by atoms with van der Waals surface area (Å²) in [5, 5.41) is 12.8. The van der Waals surface area contributed by atoms with Crippen molar-refractivity contribution in [3.05, 3.63) is 118 Å². The van der Waals surface area contributed by atoms with Crippen LogP contribution in [0.2, 0.25) is 0 Å². The fourth-order valence-corrected chi connectivity index (χ4v) is 4.80. The Morgan fingerprint density at radius 3 is 2.67 bits per heavy atom. The van der Waals surface area contributed by atoms with Crippen LogP contribution in [0.25, 0.3) is 22.1 Å². The number of carbonyl (C=O) groups excluding carboxylic acids is 1. The molecule has 0 spiro atoms. The minimum absolute atomic E-state index is 0.226. The molecule has 0 fully saturated rings. The maximum absolute atomic E-state index is 14.2. The van der Waals surface area contributed by atoms with Gasteiger partial charge in [-0.3, -0.25) is 18.8 Å². The van der Waals surface area contributed by atoms with Crippen molar-refractivity contribution in [3.63, 3.8) is 0 Å². The summed E-state index contributed by atoms with van der Waals surface area (Å²) in [7, 11) is 1.83. The van der Waals surface area contributed by atoms with Crippen LogP contribution in [-0.2, 0) is 7.05 Å². The van der Waals surface area contributed by atoms with Crippen LogP contribution in [0.4, 0.5) is 0 Å². The number of rotatable bonds is 4. The smallest absolute Gasteiger partial charge is 0.264 e. The second kappa shape index (κ2) is 9.96. The maximum atomic E-state index is 14.2. The van der Waals surface area contributed by atoms with Crippen LogP contribution in [0.15, 0.2) is 84.4 Å². The normalized spacial score (nSPS) is 11.8. The molecule has 0 saturated carbocycles. The predicted octanol–water partition coefficient (Wildman–Crippen LogP) is 3.36. The van der Waals surface area contributed by atoms with Gasteiger partial charge in [-0.2, -0.15) is 10.2 Å². The van der Waals surface area contributed by atoms with Crippen LogP contribution in [0.1, 0.15) is 45.8 Å². The second-order valence-corrected chi connectivity index (χ2v) is 9.40. The maximum Gasteiger partial charge on any atom is 0.264 e. The average Bonchev–Trinajstić information content (AvgIpc) is 3.53. The molecule has 1 N–H and O–H groups in total. The van der Waals surface area contributed by atoms with Gasteiger partial charge in [0.25, 0.3) is 11.5 Å². The Kier molecular flexibility index (Phi) is 6.16. The van der Waals surface area contributed by atoms with E-state index in [1.807, 2.05) is 74.8 Å². The third-order valence-corrected chi connectivity index (χ3v) is 6.64. The van der Waals surface area contributed by atoms with Crippen LogP contribution in [0.5, 0.6) is 0 Å². The van der Waals surface area contributed by atoms with Gasteiger partial charge in [0, 0.05) is 30.2 Å². The summed E-state index contributed by atoms with van der Waals surface area (Å²) in [6, 6.07) is 16.3. The lowest BCUT2D eigenvalue weighted by Gasteiger charge is -2.21. The standard InChI is InChI=1S/C30H24N8O2/c1-19(34-29(39)26-20(2)35-37-18-31-17-32-28(26)37)25-14-23-9-7-8-22(13-12-21-15-33-36(3)16-21)27(23)30(40)38(25)24-10-5-4-6-11-24/h4-11,14-19H,1-3H3,(H,34,39)/t19-/m0/s1. The zero-order valence-corrected chi connectivity index (χ0v) is 22.0. The quantitative estimate of drug-likeness (QED) is 0.351. The number of para-hydroxylation sites is 1. The van der Waals surface area contributed by atoms with E-state index in [0.29, 0.717) is 39.2 Å². The molecule has 10 nitrogen and oxygen atoms in total. The van der Waals surface area contributed by atoms with Crippen molar-refractivity contribution in [1.82, 2.24) is 39.2 Å². The second-order valence-electron chi connectivity index (χ2n) is 9.40. The molecule has 0 aliphatic rings. The minimum atomic E-state index is -0.536. The first-order valence-corrected chi connectivity index (χ1v) is 12.6. The van der Waals surface area contributed by atoms with Crippen LogP contribution in [0, 0.1) is 18.8 Å². The summed E-state index contributed by atoms with van der Waals surface area (Å²) in [4.78, 5) is 35.8. The molecular weight excluding hydrogens is 504 g/mol. The monoisotopic (exact) mass is 528 g/mol. The molecule has 0 radical (unpaired) electrons. The molecule has 4 aromatic heterocycles. The number of carbonyl (C=O) groups is 1. The van der Waals surface area contributed by atoms with E-state index >= 15 is 0 Å². The number of nitrogens with one attached hydrogen (secondary N) is 1. The zero-order valence-electron chi connectivity index (χ0n) is 22.0. The van der Waals surface area contributed by atoms with Crippen molar-refractivity contribution < 1.29 is 4.79 Å².